The molecule has 0 aliphatic carbocycles. The number of aromatic nitrogens is 1. The van der Waals surface area contributed by atoms with Gasteiger partial charge in [0.15, 0.2) is 0 Å². The highest BCUT2D eigenvalue weighted by molar-refractivity contribution is 6.31. The molecule has 0 unspecified atom stereocenters. The molecule has 31 heavy (non-hydrogen) atoms. The zero-order chi connectivity index (χ0) is 22.0. The number of halogens is 1. The Balaban J connectivity index is 1.31. The Labute approximate surface area is 189 Å². The van der Waals surface area contributed by atoms with E-state index in [0.717, 1.165) is 54.8 Å². The van der Waals surface area contributed by atoms with E-state index >= 15 is 0 Å². The third-order valence-corrected chi connectivity index (χ3v) is 5.86. The molecule has 2 aliphatic heterocycles. The van der Waals surface area contributed by atoms with Gasteiger partial charge in [-0.05, 0) is 42.2 Å². The standard InChI is InChI=1S/C24H29ClN4O2/c1-17(2)10-19-4-6-21(11-24(19)25)28-8-9-29(16-28)22-7-5-20(26-12-22)13-27-14-23(15-27)31-18(3)30/h4-9,11-12,17,23H,10,13-16H2,1-3H3. The molecule has 7 heteroatoms. The first-order chi connectivity index (χ1) is 14.9. The predicted molar refractivity (Wildman–Crippen MR) is 124 cm³/mol. The first kappa shape index (κ1) is 21.7. The van der Waals surface area contributed by atoms with E-state index in [1.165, 1.54) is 12.5 Å². The number of carbonyl (C=O) groups excluding carboxylic acids is 1. The van der Waals surface area contributed by atoms with E-state index < -0.39 is 0 Å². The smallest absolute Gasteiger partial charge is 0.302 e. The van der Waals surface area contributed by atoms with Gasteiger partial charge >= 0.3 is 5.97 Å². The molecular weight excluding hydrogens is 412 g/mol. The largest absolute Gasteiger partial charge is 0.460 e. The maximum absolute atomic E-state index is 11.0. The molecule has 1 aromatic carbocycles. The molecule has 2 aromatic rings. The summed E-state index contributed by atoms with van der Waals surface area (Å²) < 4.78 is 5.19. The lowest BCUT2D eigenvalue weighted by Crippen LogP contribution is -2.52. The summed E-state index contributed by atoms with van der Waals surface area (Å²) in [5, 5.41) is 0.825. The second-order valence-corrected chi connectivity index (χ2v) is 9.09. The van der Waals surface area contributed by atoms with Gasteiger partial charge in [0.1, 0.15) is 6.10 Å². The molecule has 6 nitrogen and oxygen atoms in total. The van der Waals surface area contributed by atoms with Crippen molar-refractivity contribution < 1.29 is 9.53 Å². The van der Waals surface area contributed by atoms with Gasteiger partial charge in [-0.2, -0.15) is 0 Å². The second kappa shape index (κ2) is 9.28. The fraction of sp³-hybridized carbons (Fsp3) is 0.417. The normalized spacial score (nSPS) is 16.8. The lowest BCUT2D eigenvalue weighted by atomic mass is 10.0. The number of anilines is 2. The lowest BCUT2D eigenvalue weighted by molar-refractivity contribution is -0.155. The van der Waals surface area contributed by atoms with Crippen LogP contribution < -0.4 is 9.80 Å². The van der Waals surface area contributed by atoms with Crippen LogP contribution in [0.5, 0.6) is 0 Å². The Morgan fingerprint density at radius 3 is 2.48 bits per heavy atom. The van der Waals surface area contributed by atoms with E-state index in [1.54, 1.807) is 0 Å². The molecule has 0 saturated carbocycles. The number of rotatable bonds is 7. The highest BCUT2D eigenvalue weighted by atomic mass is 35.5. The molecule has 164 valence electrons. The quantitative estimate of drug-likeness (QED) is 0.593. The number of carbonyl (C=O) groups is 1. The number of esters is 1. The molecule has 3 heterocycles. The van der Waals surface area contributed by atoms with Gasteiger partial charge in [-0.3, -0.25) is 14.7 Å². The van der Waals surface area contributed by atoms with Crippen LogP contribution in [-0.4, -0.2) is 41.7 Å². The molecule has 0 spiro atoms. The van der Waals surface area contributed by atoms with Gasteiger partial charge in [-0.15, -0.1) is 0 Å². The maximum Gasteiger partial charge on any atom is 0.302 e. The molecule has 4 rings (SSSR count). The van der Waals surface area contributed by atoms with E-state index in [2.05, 4.69) is 70.2 Å². The number of benzene rings is 1. The van der Waals surface area contributed by atoms with Crippen molar-refractivity contribution in [3.05, 3.63) is 65.2 Å². The van der Waals surface area contributed by atoms with Crippen molar-refractivity contribution in [2.45, 2.75) is 39.8 Å². The van der Waals surface area contributed by atoms with Crippen LogP contribution in [0.2, 0.25) is 5.02 Å². The van der Waals surface area contributed by atoms with Gasteiger partial charge in [0.2, 0.25) is 0 Å². The molecule has 2 aliphatic rings. The van der Waals surface area contributed by atoms with Crippen LogP contribution in [0.3, 0.4) is 0 Å². The minimum Gasteiger partial charge on any atom is -0.460 e. The van der Waals surface area contributed by atoms with Crippen molar-refractivity contribution >= 4 is 28.9 Å². The van der Waals surface area contributed by atoms with Crippen LogP contribution >= 0.6 is 11.6 Å². The summed E-state index contributed by atoms with van der Waals surface area (Å²) in [7, 11) is 0. The minimum atomic E-state index is -0.214. The average molecular weight is 441 g/mol. The Morgan fingerprint density at radius 2 is 1.87 bits per heavy atom. The third-order valence-electron chi connectivity index (χ3n) is 5.51. The number of hydrogen-bond donors (Lipinski definition) is 0. The molecule has 0 bridgehead atoms. The molecule has 0 radical (unpaired) electrons. The van der Waals surface area contributed by atoms with Crippen molar-refractivity contribution in [1.29, 1.82) is 0 Å². The highest BCUT2D eigenvalue weighted by Crippen LogP contribution is 2.29. The summed E-state index contributed by atoms with van der Waals surface area (Å²) in [4.78, 5) is 22.2. The summed E-state index contributed by atoms with van der Waals surface area (Å²) in [5.74, 6) is 0.367. The van der Waals surface area contributed by atoms with Crippen LogP contribution in [0.1, 0.15) is 32.0 Å². The van der Waals surface area contributed by atoms with Gasteiger partial charge in [0.25, 0.3) is 0 Å². The van der Waals surface area contributed by atoms with Gasteiger partial charge in [0.05, 0.1) is 24.2 Å². The fourth-order valence-electron chi connectivity index (χ4n) is 3.95. The van der Waals surface area contributed by atoms with Gasteiger partial charge in [0, 0.05) is 49.7 Å². The summed E-state index contributed by atoms with van der Waals surface area (Å²) in [6.45, 7) is 8.88. The van der Waals surface area contributed by atoms with Gasteiger partial charge in [-0.1, -0.05) is 31.5 Å². The maximum atomic E-state index is 11.0. The molecule has 1 aromatic heterocycles. The molecule has 1 fully saturated rings. The number of nitrogens with zero attached hydrogens (tertiary/aromatic N) is 4. The van der Waals surface area contributed by atoms with E-state index in [0.29, 0.717) is 5.92 Å². The number of hydrogen-bond acceptors (Lipinski definition) is 6. The average Bonchev–Trinajstić information content (AvgIpc) is 3.18. The fourth-order valence-corrected chi connectivity index (χ4v) is 4.20. The molecule has 0 N–H and O–H groups in total. The number of ether oxygens (including phenoxy) is 1. The Bertz CT molecular complexity index is 955. The zero-order valence-corrected chi connectivity index (χ0v) is 19.0. The first-order valence-electron chi connectivity index (χ1n) is 10.7. The van der Waals surface area contributed by atoms with Gasteiger partial charge < -0.3 is 14.5 Å². The van der Waals surface area contributed by atoms with Crippen molar-refractivity contribution in [1.82, 2.24) is 9.88 Å². The Kier molecular flexibility index (Phi) is 6.49. The van der Waals surface area contributed by atoms with Crippen LogP contribution in [0.15, 0.2) is 48.9 Å². The third kappa shape index (κ3) is 5.38. The first-order valence-corrected chi connectivity index (χ1v) is 11.1. The Morgan fingerprint density at radius 1 is 1.16 bits per heavy atom. The number of likely N-dealkylation sites (tertiary alicyclic amines) is 1. The monoisotopic (exact) mass is 440 g/mol. The molecular formula is C24H29ClN4O2. The minimum absolute atomic E-state index is 0.0189. The summed E-state index contributed by atoms with van der Waals surface area (Å²) in [5.41, 5.74) is 4.34. The Hall–Kier alpha value is -2.57. The van der Waals surface area contributed by atoms with E-state index in [-0.39, 0.29) is 12.1 Å². The van der Waals surface area contributed by atoms with Crippen molar-refractivity contribution in [2.24, 2.45) is 5.92 Å². The SMILES string of the molecule is CC(=O)OC1CN(Cc2ccc(N3C=CN(c4ccc(CC(C)C)c(Cl)c4)C3)cn2)C1. The van der Waals surface area contributed by atoms with E-state index in [4.69, 9.17) is 16.3 Å². The van der Waals surface area contributed by atoms with Crippen LogP contribution in [0.4, 0.5) is 11.4 Å². The zero-order valence-electron chi connectivity index (χ0n) is 18.3. The summed E-state index contributed by atoms with van der Waals surface area (Å²) in [6, 6.07) is 10.5. The van der Waals surface area contributed by atoms with E-state index in [9.17, 15) is 4.79 Å². The highest BCUT2D eigenvalue weighted by Gasteiger charge is 2.29. The second-order valence-electron chi connectivity index (χ2n) is 8.69. The molecule has 1 saturated heterocycles. The van der Waals surface area contributed by atoms with Crippen LogP contribution in [-0.2, 0) is 22.5 Å². The number of pyridine rings is 1. The van der Waals surface area contributed by atoms with Crippen molar-refractivity contribution in [2.75, 3.05) is 29.6 Å². The van der Waals surface area contributed by atoms with Crippen LogP contribution in [0, 0.1) is 5.92 Å². The van der Waals surface area contributed by atoms with Crippen molar-refractivity contribution in [3.63, 3.8) is 0 Å². The molecule has 0 atom stereocenters. The lowest BCUT2D eigenvalue weighted by Gasteiger charge is -2.37. The van der Waals surface area contributed by atoms with Gasteiger partial charge in [-0.25, -0.2) is 0 Å². The van der Waals surface area contributed by atoms with Crippen LogP contribution in [0.25, 0.3) is 0 Å². The predicted octanol–water partition coefficient (Wildman–Crippen LogP) is 4.44. The summed E-state index contributed by atoms with van der Waals surface area (Å²) >= 11 is 6.51. The topological polar surface area (TPSA) is 48.9 Å². The summed E-state index contributed by atoms with van der Waals surface area (Å²) in [6.07, 6.45) is 7.04. The van der Waals surface area contributed by atoms with E-state index in [1.807, 2.05) is 12.3 Å². The molecule has 0 amide bonds. The van der Waals surface area contributed by atoms with Crippen molar-refractivity contribution in [3.8, 4) is 0 Å².